The maximum absolute atomic E-state index is 13.6. The van der Waals surface area contributed by atoms with Crippen molar-refractivity contribution in [2.24, 2.45) is 28.7 Å². The quantitative estimate of drug-likeness (QED) is 0.215. The maximum atomic E-state index is 13.6. The zero-order valence-corrected chi connectivity index (χ0v) is 17.3. The average molecular weight is 432 g/mol. The van der Waals surface area contributed by atoms with Crippen molar-refractivity contribution < 1.29 is 23.1 Å². The summed E-state index contributed by atoms with van der Waals surface area (Å²) in [5.74, 6) is -1.07. The Hall–Kier alpha value is -2.97. The number of halogens is 2. The van der Waals surface area contributed by atoms with Crippen LogP contribution in [0.15, 0.2) is 35.3 Å². The Balaban J connectivity index is 1.25. The van der Waals surface area contributed by atoms with Gasteiger partial charge in [-0.25, -0.2) is 8.78 Å². The minimum atomic E-state index is -0.756. The van der Waals surface area contributed by atoms with Crippen LogP contribution in [-0.2, 0) is 9.59 Å². The van der Waals surface area contributed by atoms with Gasteiger partial charge in [0.1, 0.15) is 12.4 Å². The molecule has 0 aromatic heterocycles. The summed E-state index contributed by atoms with van der Waals surface area (Å²) in [4.78, 5) is 31.2. The molecule has 166 valence electrons. The summed E-state index contributed by atoms with van der Waals surface area (Å²) in [6.45, 7) is 3.55. The Morgan fingerprint density at radius 1 is 1.16 bits per heavy atom. The third-order valence-electron chi connectivity index (χ3n) is 6.05. The van der Waals surface area contributed by atoms with Crippen LogP contribution in [0.25, 0.3) is 0 Å². The van der Waals surface area contributed by atoms with Crippen molar-refractivity contribution in [2.75, 3.05) is 32.8 Å². The van der Waals surface area contributed by atoms with Gasteiger partial charge in [-0.05, 0) is 37.3 Å². The lowest BCUT2D eigenvalue weighted by Crippen LogP contribution is -2.40. The van der Waals surface area contributed by atoms with Gasteiger partial charge in [-0.3, -0.25) is 19.5 Å². The predicted octanol–water partition coefficient (Wildman–Crippen LogP) is 1.71. The summed E-state index contributed by atoms with van der Waals surface area (Å²) in [5, 5.41) is 6.13. The molecule has 2 N–H and O–H groups in total. The number of ether oxygens (including phenoxy) is 1. The van der Waals surface area contributed by atoms with Gasteiger partial charge in [-0.15, -0.1) is 0 Å². The first-order valence-corrected chi connectivity index (χ1v) is 10.6. The van der Waals surface area contributed by atoms with Crippen LogP contribution in [0.3, 0.4) is 0 Å². The fourth-order valence-electron chi connectivity index (χ4n) is 4.71. The minimum Gasteiger partial charge on any atom is -0.489 e. The number of imide groups is 1. The van der Waals surface area contributed by atoms with E-state index in [2.05, 4.69) is 27.8 Å². The zero-order chi connectivity index (χ0) is 22.0. The lowest BCUT2D eigenvalue weighted by Gasteiger charge is -2.17. The van der Waals surface area contributed by atoms with Crippen LogP contribution in [0.2, 0.25) is 0 Å². The van der Waals surface area contributed by atoms with Crippen LogP contribution in [0.5, 0.6) is 5.75 Å². The molecule has 4 rings (SSSR count). The fraction of sp³-hybridized carbons (Fsp3) is 0.500. The molecule has 9 heteroatoms. The van der Waals surface area contributed by atoms with Crippen LogP contribution >= 0.6 is 0 Å². The van der Waals surface area contributed by atoms with Crippen LogP contribution < -0.4 is 15.4 Å². The number of guanidine groups is 1. The van der Waals surface area contributed by atoms with Gasteiger partial charge in [0.15, 0.2) is 17.5 Å². The first-order chi connectivity index (χ1) is 15.0. The molecule has 7 nitrogen and oxygen atoms in total. The van der Waals surface area contributed by atoms with Crippen molar-refractivity contribution in [3.63, 3.8) is 0 Å². The molecule has 3 aliphatic rings. The molecule has 1 aromatic carbocycles. The van der Waals surface area contributed by atoms with Gasteiger partial charge in [0, 0.05) is 19.2 Å². The third-order valence-corrected chi connectivity index (χ3v) is 6.05. The molecule has 0 spiro atoms. The SMILES string of the molecule is CCNC(=NCCN1C(=O)C2C3C=CC(C3)C2C1=O)NCCOc1ccc(F)cc1F. The number of rotatable bonds is 8. The van der Waals surface area contributed by atoms with E-state index in [1.54, 1.807) is 0 Å². The Kier molecular flexibility index (Phi) is 6.20. The number of hydrogen-bond donors (Lipinski definition) is 2. The highest BCUT2D eigenvalue weighted by atomic mass is 19.1. The molecule has 31 heavy (non-hydrogen) atoms. The van der Waals surface area contributed by atoms with Crippen molar-refractivity contribution in [1.82, 2.24) is 15.5 Å². The molecular weight excluding hydrogens is 406 g/mol. The number of nitrogens with one attached hydrogen (secondary N) is 2. The van der Waals surface area contributed by atoms with Crippen LogP contribution in [0.4, 0.5) is 8.78 Å². The van der Waals surface area contributed by atoms with Crippen LogP contribution in [0, 0.1) is 35.3 Å². The summed E-state index contributed by atoms with van der Waals surface area (Å²) in [6.07, 6.45) is 5.06. The van der Waals surface area contributed by atoms with E-state index in [4.69, 9.17) is 4.74 Å². The standard InChI is InChI=1S/C22H26F2N4O3/c1-2-25-22(27-8-10-31-17-6-5-15(23)12-16(17)24)26-7-9-28-20(29)18-13-3-4-14(11-13)19(18)21(28)30/h3-6,12-14,18-19H,2,7-11H2,1H3,(H2,25,26,27). The average Bonchev–Trinajstić information content (AvgIpc) is 3.42. The number of likely N-dealkylation sites (tertiary alicyclic amines) is 1. The summed E-state index contributed by atoms with van der Waals surface area (Å²) >= 11 is 0. The molecule has 0 radical (unpaired) electrons. The van der Waals surface area contributed by atoms with E-state index in [1.165, 1.54) is 11.0 Å². The molecule has 2 fully saturated rings. The second kappa shape index (κ2) is 9.03. The second-order valence-electron chi connectivity index (χ2n) is 7.94. The third kappa shape index (κ3) is 4.26. The van der Waals surface area contributed by atoms with Crippen LogP contribution in [0.1, 0.15) is 13.3 Å². The number of allylic oxidation sites excluding steroid dienone is 2. The molecule has 1 aromatic rings. The van der Waals surface area contributed by atoms with E-state index in [1.807, 2.05) is 6.92 Å². The number of fused-ring (bicyclic) bond motifs is 5. The van der Waals surface area contributed by atoms with Gasteiger partial charge >= 0.3 is 0 Å². The summed E-state index contributed by atoms with van der Waals surface area (Å²) in [6, 6.07) is 3.14. The smallest absolute Gasteiger partial charge is 0.233 e. The molecule has 1 saturated heterocycles. The maximum Gasteiger partial charge on any atom is 0.233 e. The van der Waals surface area contributed by atoms with E-state index >= 15 is 0 Å². The molecule has 2 amide bonds. The monoisotopic (exact) mass is 432 g/mol. The fourth-order valence-corrected chi connectivity index (χ4v) is 4.71. The Labute approximate surface area is 179 Å². The summed E-state index contributed by atoms with van der Waals surface area (Å²) < 4.78 is 31.8. The van der Waals surface area contributed by atoms with E-state index < -0.39 is 11.6 Å². The highest BCUT2D eigenvalue weighted by molar-refractivity contribution is 6.06. The molecule has 4 unspecified atom stereocenters. The first-order valence-electron chi connectivity index (χ1n) is 10.6. The normalized spacial score (nSPS) is 26.5. The predicted molar refractivity (Wildman–Crippen MR) is 110 cm³/mol. The van der Waals surface area contributed by atoms with E-state index in [0.717, 1.165) is 18.6 Å². The van der Waals surface area contributed by atoms with Crippen molar-refractivity contribution in [3.05, 3.63) is 42.0 Å². The van der Waals surface area contributed by atoms with Crippen molar-refractivity contribution >= 4 is 17.8 Å². The van der Waals surface area contributed by atoms with Crippen molar-refractivity contribution in [2.45, 2.75) is 13.3 Å². The number of nitrogens with zero attached hydrogens (tertiary/aromatic N) is 2. The van der Waals surface area contributed by atoms with Gasteiger partial charge in [-0.1, -0.05) is 12.2 Å². The Morgan fingerprint density at radius 3 is 2.52 bits per heavy atom. The van der Waals surface area contributed by atoms with Gasteiger partial charge in [0.05, 0.1) is 24.9 Å². The van der Waals surface area contributed by atoms with E-state index in [9.17, 15) is 18.4 Å². The highest BCUT2D eigenvalue weighted by Gasteiger charge is 2.58. The van der Waals surface area contributed by atoms with Gasteiger partial charge in [0.2, 0.25) is 11.8 Å². The Morgan fingerprint density at radius 2 is 1.87 bits per heavy atom. The van der Waals surface area contributed by atoms with Crippen molar-refractivity contribution in [3.8, 4) is 5.75 Å². The molecule has 1 aliphatic heterocycles. The van der Waals surface area contributed by atoms with Crippen LogP contribution in [-0.4, -0.2) is 55.5 Å². The lowest BCUT2D eigenvalue weighted by molar-refractivity contribution is -0.140. The number of carbonyl (C=O) groups is 2. The number of hydrogen-bond acceptors (Lipinski definition) is 4. The first kappa shape index (κ1) is 21.3. The molecule has 2 bridgehead atoms. The van der Waals surface area contributed by atoms with Gasteiger partial charge in [0.25, 0.3) is 0 Å². The lowest BCUT2D eigenvalue weighted by atomic mass is 9.85. The number of aliphatic imine (C=N–C) groups is 1. The van der Waals surface area contributed by atoms with E-state index in [-0.39, 0.29) is 60.9 Å². The molecule has 1 saturated carbocycles. The largest absolute Gasteiger partial charge is 0.489 e. The Bertz CT molecular complexity index is 890. The molecule has 1 heterocycles. The van der Waals surface area contributed by atoms with Gasteiger partial charge < -0.3 is 15.4 Å². The van der Waals surface area contributed by atoms with Gasteiger partial charge in [-0.2, -0.15) is 0 Å². The summed E-state index contributed by atoms with van der Waals surface area (Å²) in [7, 11) is 0. The topological polar surface area (TPSA) is 83.0 Å². The number of carbonyl (C=O) groups excluding carboxylic acids is 2. The van der Waals surface area contributed by atoms with Crippen molar-refractivity contribution in [1.29, 1.82) is 0 Å². The highest BCUT2D eigenvalue weighted by Crippen LogP contribution is 2.52. The molecule has 4 atom stereocenters. The number of amides is 2. The molecular formula is C22H26F2N4O3. The summed E-state index contributed by atoms with van der Waals surface area (Å²) in [5.41, 5.74) is 0. The van der Waals surface area contributed by atoms with E-state index in [0.29, 0.717) is 19.0 Å². The molecule has 2 aliphatic carbocycles. The second-order valence-corrected chi connectivity index (χ2v) is 7.94. The zero-order valence-electron chi connectivity index (χ0n) is 17.3. The minimum absolute atomic E-state index is 0.0230. The number of benzene rings is 1.